The van der Waals surface area contributed by atoms with Crippen LogP contribution in [0.4, 0.5) is 4.79 Å². The van der Waals surface area contributed by atoms with Crippen LogP contribution in [0.25, 0.3) is 0 Å². The molecule has 1 aliphatic carbocycles. The standard InChI is InChI=1S/C15H26N2O3/c1-11(13(18)19)9-17(4)14(20)16-10-15(2,3)12-7-5-6-8-12/h7,11H,5-6,8-10H2,1-4H3,(H,16,20)(H,18,19). The molecule has 5 nitrogen and oxygen atoms in total. The highest BCUT2D eigenvalue weighted by molar-refractivity contribution is 5.75. The molecule has 0 bridgehead atoms. The van der Waals surface area contributed by atoms with Crippen molar-refractivity contribution in [3.63, 3.8) is 0 Å². The van der Waals surface area contributed by atoms with E-state index in [9.17, 15) is 9.59 Å². The van der Waals surface area contributed by atoms with Crippen LogP contribution in [-0.4, -0.2) is 42.1 Å². The quantitative estimate of drug-likeness (QED) is 0.735. The summed E-state index contributed by atoms with van der Waals surface area (Å²) in [6, 6.07) is -0.218. The Bertz CT molecular complexity index is 402. The first-order chi connectivity index (χ1) is 9.24. The summed E-state index contributed by atoms with van der Waals surface area (Å²) in [6.45, 7) is 6.64. The first kappa shape index (κ1) is 16.5. The molecule has 0 saturated carbocycles. The number of urea groups is 1. The van der Waals surface area contributed by atoms with E-state index in [-0.39, 0.29) is 18.0 Å². The van der Waals surface area contributed by atoms with Gasteiger partial charge >= 0.3 is 12.0 Å². The van der Waals surface area contributed by atoms with Crippen LogP contribution in [0, 0.1) is 11.3 Å². The van der Waals surface area contributed by atoms with Gasteiger partial charge in [-0.1, -0.05) is 32.4 Å². The number of nitrogens with one attached hydrogen (secondary N) is 1. The molecule has 0 spiro atoms. The van der Waals surface area contributed by atoms with Crippen molar-refractivity contribution in [3.8, 4) is 0 Å². The Morgan fingerprint density at radius 3 is 2.65 bits per heavy atom. The maximum Gasteiger partial charge on any atom is 0.317 e. The van der Waals surface area contributed by atoms with E-state index in [1.807, 2.05) is 0 Å². The van der Waals surface area contributed by atoms with Crippen LogP contribution >= 0.6 is 0 Å². The fourth-order valence-electron chi connectivity index (χ4n) is 2.40. The van der Waals surface area contributed by atoms with Crippen molar-refractivity contribution in [2.75, 3.05) is 20.1 Å². The first-order valence-corrected chi connectivity index (χ1v) is 7.15. The van der Waals surface area contributed by atoms with Gasteiger partial charge in [0.2, 0.25) is 0 Å². The Kier molecular flexibility index (Phi) is 5.60. The van der Waals surface area contributed by atoms with E-state index in [0.29, 0.717) is 6.54 Å². The molecular weight excluding hydrogens is 256 g/mol. The lowest BCUT2D eigenvalue weighted by atomic mass is 9.83. The number of aliphatic carboxylic acids is 1. The highest BCUT2D eigenvalue weighted by atomic mass is 16.4. The molecule has 1 rings (SSSR count). The van der Waals surface area contributed by atoms with Crippen molar-refractivity contribution in [2.45, 2.75) is 40.0 Å². The Labute approximate surface area is 121 Å². The third kappa shape index (κ3) is 4.54. The molecule has 0 aliphatic heterocycles. The maximum atomic E-state index is 12.0. The average Bonchev–Trinajstić information content (AvgIpc) is 2.90. The van der Waals surface area contributed by atoms with Gasteiger partial charge in [-0.3, -0.25) is 4.79 Å². The molecule has 2 N–H and O–H groups in total. The summed E-state index contributed by atoms with van der Waals surface area (Å²) in [5.74, 6) is -1.45. The van der Waals surface area contributed by atoms with E-state index in [1.165, 1.54) is 16.9 Å². The zero-order valence-corrected chi connectivity index (χ0v) is 12.9. The van der Waals surface area contributed by atoms with Crippen molar-refractivity contribution in [2.24, 2.45) is 11.3 Å². The zero-order chi connectivity index (χ0) is 15.3. The second-order valence-electron chi connectivity index (χ2n) is 6.28. The Morgan fingerprint density at radius 1 is 1.50 bits per heavy atom. The number of rotatable bonds is 6. The van der Waals surface area contributed by atoms with Gasteiger partial charge < -0.3 is 15.3 Å². The van der Waals surface area contributed by atoms with Crippen molar-refractivity contribution < 1.29 is 14.7 Å². The molecular formula is C15H26N2O3. The minimum Gasteiger partial charge on any atom is -0.481 e. The normalized spacial score (nSPS) is 16.5. The van der Waals surface area contributed by atoms with E-state index in [1.54, 1.807) is 14.0 Å². The van der Waals surface area contributed by atoms with E-state index in [0.717, 1.165) is 12.8 Å². The van der Waals surface area contributed by atoms with Crippen LogP contribution in [0.15, 0.2) is 11.6 Å². The predicted octanol–water partition coefficient (Wildman–Crippen LogP) is 2.49. The zero-order valence-electron chi connectivity index (χ0n) is 12.9. The molecule has 0 aromatic heterocycles. The number of amides is 2. The molecule has 5 heteroatoms. The fraction of sp³-hybridized carbons (Fsp3) is 0.733. The molecule has 0 aromatic carbocycles. The first-order valence-electron chi connectivity index (χ1n) is 7.15. The Balaban J connectivity index is 2.44. The predicted molar refractivity (Wildman–Crippen MR) is 78.5 cm³/mol. The minimum absolute atomic E-state index is 0.0363. The molecule has 0 radical (unpaired) electrons. The van der Waals surface area contributed by atoms with E-state index < -0.39 is 11.9 Å². The number of carbonyl (C=O) groups excluding carboxylic acids is 1. The lowest BCUT2D eigenvalue weighted by Crippen LogP contribution is -2.44. The molecule has 1 aliphatic rings. The number of carboxylic acids is 1. The van der Waals surface area contributed by atoms with E-state index in [2.05, 4.69) is 25.2 Å². The number of hydrogen-bond donors (Lipinski definition) is 2. The van der Waals surface area contributed by atoms with Gasteiger partial charge in [0.25, 0.3) is 0 Å². The lowest BCUT2D eigenvalue weighted by Gasteiger charge is -2.28. The summed E-state index contributed by atoms with van der Waals surface area (Å²) < 4.78 is 0. The van der Waals surface area contributed by atoms with Crippen LogP contribution in [0.3, 0.4) is 0 Å². The van der Waals surface area contributed by atoms with Crippen molar-refractivity contribution in [1.82, 2.24) is 10.2 Å². The smallest absolute Gasteiger partial charge is 0.317 e. The average molecular weight is 282 g/mol. The van der Waals surface area contributed by atoms with Gasteiger partial charge in [0.1, 0.15) is 0 Å². The molecule has 114 valence electrons. The van der Waals surface area contributed by atoms with Gasteiger partial charge in [0.05, 0.1) is 5.92 Å². The van der Waals surface area contributed by atoms with E-state index >= 15 is 0 Å². The fourth-order valence-corrected chi connectivity index (χ4v) is 2.40. The summed E-state index contributed by atoms with van der Waals surface area (Å²) in [6.07, 6.45) is 5.70. The van der Waals surface area contributed by atoms with Crippen molar-refractivity contribution >= 4 is 12.0 Å². The molecule has 1 atom stereocenters. The molecule has 0 heterocycles. The molecule has 0 fully saturated rings. The van der Waals surface area contributed by atoms with Gasteiger partial charge in [0.15, 0.2) is 0 Å². The maximum absolute atomic E-state index is 12.0. The van der Waals surface area contributed by atoms with Crippen LogP contribution in [0.5, 0.6) is 0 Å². The van der Waals surface area contributed by atoms with Gasteiger partial charge in [-0.05, 0) is 19.3 Å². The van der Waals surface area contributed by atoms with Gasteiger partial charge in [-0.25, -0.2) is 4.79 Å². The lowest BCUT2D eigenvalue weighted by molar-refractivity contribution is -0.141. The largest absolute Gasteiger partial charge is 0.481 e. The number of carbonyl (C=O) groups is 2. The van der Waals surface area contributed by atoms with Gasteiger partial charge in [-0.2, -0.15) is 0 Å². The van der Waals surface area contributed by atoms with Crippen LogP contribution in [0.1, 0.15) is 40.0 Å². The number of carboxylic acid groups (broad SMARTS) is 1. The number of allylic oxidation sites excluding steroid dienone is 1. The van der Waals surface area contributed by atoms with Gasteiger partial charge in [0, 0.05) is 25.6 Å². The highest BCUT2D eigenvalue weighted by Gasteiger charge is 2.26. The van der Waals surface area contributed by atoms with Gasteiger partial charge in [-0.15, -0.1) is 0 Å². The molecule has 1 unspecified atom stereocenters. The van der Waals surface area contributed by atoms with E-state index in [4.69, 9.17) is 5.11 Å². The topological polar surface area (TPSA) is 69.6 Å². The van der Waals surface area contributed by atoms with Crippen LogP contribution < -0.4 is 5.32 Å². The monoisotopic (exact) mass is 282 g/mol. The van der Waals surface area contributed by atoms with Crippen molar-refractivity contribution in [1.29, 1.82) is 0 Å². The second kappa shape index (κ2) is 6.77. The van der Waals surface area contributed by atoms with Crippen molar-refractivity contribution in [3.05, 3.63) is 11.6 Å². The summed E-state index contributed by atoms with van der Waals surface area (Å²) >= 11 is 0. The summed E-state index contributed by atoms with van der Waals surface area (Å²) in [7, 11) is 1.62. The number of nitrogens with zero attached hydrogens (tertiary/aromatic N) is 1. The SMILES string of the molecule is CC(CN(C)C(=O)NCC(C)(C)C1=CCCC1)C(=O)O. The second-order valence-corrected chi connectivity index (χ2v) is 6.28. The molecule has 0 aromatic rings. The third-order valence-electron chi connectivity index (χ3n) is 3.91. The third-order valence-corrected chi connectivity index (χ3v) is 3.91. The Morgan fingerprint density at radius 2 is 2.15 bits per heavy atom. The Hall–Kier alpha value is -1.52. The summed E-state index contributed by atoms with van der Waals surface area (Å²) in [4.78, 5) is 24.2. The highest BCUT2D eigenvalue weighted by Crippen LogP contribution is 2.34. The summed E-state index contributed by atoms with van der Waals surface area (Å²) in [5.41, 5.74) is 1.37. The van der Waals surface area contributed by atoms with Crippen LogP contribution in [0.2, 0.25) is 0 Å². The number of hydrogen-bond acceptors (Lipinski definition) is 2. The molecule has 20 heavy (non-hydrogen) atoms. The minimum atomic E-state index is -0.888. The molecule has 0 saturated heterocycles. The summed E-state index contributed by atoms with van der Waals surface area (Å²) in [5, 5.41) is 11.7. The van der Waals surface area contributed by atoms with Crippen LogP contribution in [-0.2, 0) is 4.79 Å². The molecule has 2 amide bonds.